The Kier molecular flexibility index (Phi) is 4.05. The van der Waals surface area contributed by atoms with Gasteiger partial charge in [0.15, 0.2) is 0 Å². The van der Waals surface area contributed by atoms with Crippen molar-refractivity contribution in [2.45, 2.75) is 37.1 Å². The first-order valence-corrected chi connectivity index (χ1v) is 6.88. The fourth-order valence-electron chi connectivity index (χ4n) is 2.86. The third-order valence-corrected chi connectivity index (χ3v) is 4.01. The molecule has 2 aliphatic heterocycles. The van der Waals surface area contributed by atoms with Gasteiger partial charge in [-0.05, 0) is 5.56 Å². The fourth-order valence-corrected chi connectivity index (χ4v) is 2.86. The fraction of sp³-hybridized carbons (Fsp3) is 0.600. The van der Waals surface area contributed by atoms with E-state index in [1.54, 1.807) is 7.11 Å². The maximum Gasteiger partial charge on any atom is 0.219 e. The first kappa shape index (κ1) is 14.0. The highest BCUT2D eigenvalue weighted by Crippen LogP contribution is 2.39. The van der Waals surface area contributed by atoms with E-state index in [0.29, 0.717) is 19.6 Å². The second kappa shape index (κ2) is 5.79. The van der Waals surface area contributed by atoms with Crippen molar-refractivity contribution in [2.24, 2.45) is 0 Å². The molecule has 0 spiro atoms. The monoisotopic (exact) mass is 280 g/mol. The van der Waals surface area contributed by atoms with E-state index in [1.165, 1.54) is 0 Å². The van der Waals surface area contributed by atoms with Crippen molar-refractivity contribution in [2.75, 3.05) is 20.3 Å². The lowest BCUT2D eigenvalue weighted by atomic mass is 9.98. The molecule has 1 aromatic rings. The van der Waals surface area contributed by atoms with Gasteiger partial charge in [-0.2, -0.15) is 0 Å². The number of hydrogen-bond donors (Lipinski definition) is 1. The molecule has 1 N–H and O–H groups in total. The average Bonchev–Trinajstić information content (AvgIpc) is 2.89. The molecule has 20 heavy (non-hydrogen) atoms. The molecule has 2 bridgehead atoms. The molecule has 3 rings (SSSR count). The lowest BCUT2D eigenvalue weighted by Crippen LogP contribution is -2.55. The highest BCUT2D eigenvalue weighted by Gasteiger charge is 2.55. The number of rotatable bonds is 5. The summed E-state index contributed by atoms with van der Waals surface area (Å²) in [6, 6.07) is 10.0. The van der Waals surface area contributed by atoms with Crippen LogP contribution in [0.15, 0.2) is 30.3 Å². The van der Waals surface area contributed by atoms with Gasteiger partial charge in [0, 0.05) is 13.5 Å². The van der Waals surface area contributed by atoms with E-state index in [2.05, 4.69) is 0 Å². The summed E-state index contributed by atoms with van der Waals surface area (Å²) in [6.45, 7) is 0.765. The van der Waals surface area contributed by atoms with Gasteiger partial charge in [-0.1, -0.05) is 30.3 Å². The molecule has 1 unspecified atom stereocenters. The SMILES string of the molecule is CO[C@@H]1C[C@H](OCc2ccccc2)[C@H]2COC1(CO)O2. The Hall–Kier alpha value is -0.980. The lowest BCUT2D eigenvalue weighted by Gasteiger charge is -2.40. The molecule has 1 aromatic carbocycles. The Bertz CT molecular complexity index is 437. The Morgan fingerprint density at radius 3 is 2.85 bits per heavy atom. The van der Waals surface area contributed by atoms with Crippen molar-refractivity contribution >= 4 is 0 Å². The van der Waals surface area contributed by atoms with Crippen LogP contribution < -0.4 is 0 Å². The van der Waals surface area contributed by atoms with Crippen LogP contribution in [0.5, 0.6) is 0 Å². The van der Waals surface area contributed by atoms with Gasteiger partial charge in [0.05, 0.1) is 25.9 Å². The van der Waals surface area contributed by atoms with Gasteiger partial charge in [-0.25, -0.2) is 0 Å². The molecule has 5 nitrogen and oxygen atoms in total. The minimum absolute atomic E-state index is 0.0812. The highest BCUT2D eigenvalue weighted by atomic mass is 16.8. The molecule has 0 amide bonds. The summed E-state index contributed by atoms with van der Waals surface area (Å²) in [6.07, 6.45) is 0.126. The third-order valence-electron chi connectivity index (χ3n) is 4.01. The average molecular weight is 280 g/mol. The summed E-state index contributed by atoms with van der Waals surface area (Å²) >= 11 is 0. The third kappa shape index (κ3) is 2.47. The van der Waals surface area contributed by atoms with Crippen LogP contribution in [0, 0.1) is 0 Å². The van der Waals surface area contributed by atoms with Crippen LogP contribution in [-0.4, -0.2) is 49.5 Å². The molecule has 2 saturated heterocycles. The van der Waals surface area contributed by atoms with Crippen LogP contribution >= 0.6 is 0 Å². The number of ether oxygens (including phenoxy) is 4. The molecule has 0 aromatic heterocycles. The predicted molar refractivity (Wildman–Crippen MR) is 71.1 cm³/mol. The van der Waals surface area contributed by atoms with Crippen molar-refractivity contribution in [1.29, 1.82) is 0 Å². The minimum Gasteiger partial charge on any atom is -0.391 e. The molecule has 5 heteroatoms. The summed E-state index contributed by atoms with van der Waals surface area (Å²) in [4.78, 5) is 0. The largest absolute Gasteiger partial charge is 0.391 e. The molecule has 2 heterocycles. The van der Waals surface area contributed by atoms with Crippen molar-refractivity contribution in [1.82, 2.24) is 0 Å². The molecule has 0 saturated carbocycles. The van der Waals surface area contributed by atoms with Crippen LogP contribution in [0.4, 0.5) is 0 Å². The van der Waals surface area contributed by atoms with Gasteiger partial charge in [0.2, 0.25) is 5.79 Å². The molecule has 0 aliphatic carbocycles. The van der Waals surface area contributed by atoms with Crippen LogP contribution in [-0.2, 0) is 25.6 Å². The van der Waals surface area contributed by atoms with Gasteiger partial charge < -0.3 is 24.1 Å². The van der Waals surface area contributed by atoms with E-state index in [4.69, 9.17) is 18.9 Å². The Balaban J connectivity index is 1.64. The van der Waals surface area contributed by atoms with E-state index in [9.17, 15) is 5.11 Å². The predicted octanol–water partition coefficient (Wildman–Crippen LogP) is 1.09. The van der Waals surface area contributed by atoms with Gasteiger partial charge >= 0.3 is 0 Å². The number of methoxy groups -OCH3 is 1. The van der Waals surface area contributed by atoms with Crippen molar-refractivity contribution in [3.8, 4) is 0 Å². The van der Waals surface area contributed by atoms with Gasteiger partial charge in [-0.15, -0.1) is 0 Å². The number of aliphatic hydroxyl groups is 1. The molecular formula is C15H20O5. The number of hydrogen-bond acceptors (Lipinski definition) is 5. The summed E-state index contributed by atoms with van der Waals surface area (Å²) in [7, 11) is 1.60. The van der Waals surface area contributed by atoms with Crippen molar-refractivity contribution in [3.63, 3.8) is 0 Å². The topological polar surface area (TPSA) is 57.2 Å². The molecule has 0 radical (unpaired) electrons. The second-order valence-electron chi connectivity index (χ2n) is 5.23. The second-order valence-corrected chi connectivity index (χ2v) is 5.23. The van der Waals surface area contributed by atoms with Crippen LogP contribution in [0.25, 0.3) is 0 Å². The Morgan fingerprint density at radius 1 is 1.35 bits per heavy atom. The zero-order chi connectivity index (χ0) is 14.0. The number of fused-ring (bicyclic) bond motifs is 2. The molecule has 110 valence electrons. The minimum atomic E-state index is -1.01. The van der Waals surface area contributed by atoms with E-state index >= 15 is 0 Å². The van der Waals surface area contributed by atoms with Gasteiger partial charge in [0.1, 0.15) is 12.2 Å². The summed E-state index contributed by atoms with van der Waals surface area (Å²) < 4.78 is 22.8. The Morgan fingerprint density at radius 2 is 2.15 bits per heavy atom. The van der Waals surface area contributed by atoms with Crippen LogP contribution in [0.1, 0.15) is 12.0 Å². The molecule has 4 atom stereocenters. The van der Waals surface area contributed by atoms with Crippen molar-refractivity contribution in [3.05, 3.63) is 35.9 Å². The van der Waals surface area contributed by atoms with Crippen molar-refractivity contribution < 1.29 is 24.1 Å². The number of aliphatic hydroxyl groups excluding tert-OH is 1. The van der Waals surface area contributed by atoms with Crippen LogP contribution in [0.2, 0.25) is 0 Å². The first-order chi connectivity index (χ1) is 9.77. The summed E-state index contributed by atoms with van der Waals surface area (Å²) in [5, 5.41) is 9.49. The number of benzene rings is 1. The molecule has 2 fully saturated rings. The first-order valence-electron chi connectivity index (χ1n) is 6.88. The lowest BCUT2D eigenvalue weighted by molar-refractivity contribution is -0.286. The smallest absolute Gasteiger partial charge is 0.219 e. The Labute approximate surface area is 118 Å². The maximum absolute atomic E-state index is 9.49. The maximum atomic E-state index is 9.49. The van der Waals surface area contributed by atoms with E-state index in [-0.39, 0.29) is 24.9 Å². The van der Waals surface area contributed by atoms with Gasteiger partial charge in [-0.3, -0.25) is 0 Å². The van der Waals surface area contributed by atoms with E-state index in [1.807, 2.05) is 30.3 Å². The molecular weight excluding hydrogens is 260 g/mol. The van der Waals surface area contributed by atoms with E-state index in [0.717, 1.165) is 5.56 Å². The summed E-state index contributed by atoms with van der Waals surface area (Å²) in [5.74, 6) is -1.01. The van der Waals surface area contributed by atoms with Gasteiger partial charge in [0.25, 0.3) is 0 Å². The zero-order valence-electron chi connectivity index (χ0n) is 11.5. The quantitative estimate of drug-likeness (QED) is 0.875. The molecule has 2 aliphatic rings. The normalized spacial score (nSPS) is 36.2. The van der Waals surface area contributed by atoms with E-state index < -0.39 is 5.79 Å². The summed E-state index contributed by atoms with van der Waals surface area (Å²) in [5.41, 5.74) is 1.12. The zero-order valence-corrected chi connectivity index (χ0v) is 11.5. The highest BCUT2D eigenvalue weighted by molar-refractivity contribution is 5.13. The van der Waals surface area contributed by atoms with Crippen LogP contribution in [0.3, 0.4) is 0 Å². The standard InChI is InChI=1S/C15H20O5/c1-17-14-7-12(13-9-19-15(14,10-16)20-13)18-8-11-5-3-2-4-6-11/h2-6,12-14,16H,7-10H2,1H3/t12-,13+,14+,15?/m0/s1.